The molecule has 0 radical (unpaired) electrons. The van der Waals surface area contributed by atoms with Crippen LogP contribution in [0.1, 0.15) is 5.56 Å². The van der Waals surface area contributed by atoms with Gasteiger partial charge in [0.05, 0.1) is 0 Å². The molecule has 6 heteroatoms. The van der Waals surface area contributed by atoms with Gasteiger partial charge in [0, 0.05) is 18.1 Å². The van der Waals surface area contributed by atoms with E-state index in [9.17, 15) is 0 Å². The Morgan fingerprint density at radius 2 is 2.17 bits per heavy atom. The smallest absolute Gasteiger partial charge is 0.195 e. The lowest BCUT2D eigenvalue weighted by Crippen LogP contribution is -1.88. The van der Waals surface area contributed by atoms with Gasteiger partial charge >= 0.3 is 0 Å². The molecule has 0 saturated carbocycles. The van der Waals surface area contributed by atoms with Crippen molar-refractivity contribution in [3.8, 4) is 0 Å². The van der Waals surface area contributed by atoms with E-state index < -0.39 is 0 Å². The molecule has 0 fully saturated rings. The number of fused-ring (bicyclic) bond motifs is 1. The highest BCUT2D eigenvalue weighted by atomic mass is 35.5. The molecule has 0 aliphatic heterocycles. The van der Waals surface area contributed by atoms with Crippen LogP contribution in [0.2, 0.25) is 5.15 Å². The van der Waals surface area contributed by atoms with E-state index in [0.29, 0.717) is 5.15 Å². The van der Waals surface area contributed by atoms with E-state index in [1.165, 1.54) is 0 Å². The highest BCUT2D eigenvalue weighted by Gasteiger charge is 2.05. The van der Waals surface area contributed by atoms with Crippen molar-refractivity contribution in [1.29, 1.82) is 0 Å². The predicted molar refractivity (Wildman–Crippen MR) is 71.8 cm³/mol. The van der Waals surface area contributed by atoms with E-state index in [0.717, 1.165) is 22.1 Å². The zero-order chi connectivity index (χ0) is 12.4. The molecule has 0 bridgehead atoms. The molecule has 0 atom stereocenters. The quantitative estimate of drug-likeness (QED) is 0.545. The third-order valence-electron chi connectivity index (χ3n) is 2.44. The first-order chi connectivity index (χ1) is 8.83. The zero-order valence-electron chi connectivity index (χ0n) is 9.32. The van der Waals surface area contributed by atoms with E-state index in [2.05, 4.69) is 15.2 Å². The fourth-order valence-corrected chi connectivity index (χ4v) is 2.66. The van der Waals surface area contributed by atoms with Crippen LogP contribution in [-0.2, 0) is 5.75 Å². The van der Waals surface area contributed by atoms with Gasteiger partial charge in [-0.3, -0.25) is 4.40 Å². The summed E-state index contributed by atoms with van der Waals surface area (Å²) in [5.74, 6) is 0.790. The van der Waals surface area contributed by atoms with E-state index in [1.807, 2.05) is 40.9 Å². The van der Waals surface area contributed by atoms with Crippen LogP contribution in [0, 0.1) is 0 Å². The number of aromatic nitrogens is 4. The van der Waals surface area contributed by atoms with Gasteiger partial charge in [-0.25, -0.2) is 4.98 Å². The second-order valence-corrected chi connectivity index (χ2v) is 5.02. The summed E-state index contributed by atoms with van der Waals surface area (Å²) in [4.78, 5) is 3.96. The van der Waals surface area contributed by atoms with Crippen LogP contribution in [0.3, 0.4) is 0 Å². The molecular formula is C12H9ClN4S. The van der Waals surface area contributed by atoms with Crippen molar-refractivity contribution in [2.75, 3.05) is 0 Å². The minimum absolute atomic E-state index is 0.513. The Hall–Kier alpha value is -1.59. The van der Waals surface area contributed by atoms with Crippen molar-refractivity contribution in [2.24, 2.45) is 0 Å². The Labute approximate surface area is 113 Å². The molecule has 0 spiro atoms. The summed E-state index contributed by atoms with van der Waals surface area (Å²) in [5, 5.41) is 9.65. The molecule has 3 aromatic heterocycles. The summed E-state index contributed by atoms with van der Waals surface area (Å²) in [6.45, 7) is 0. The minimum Gasteiger partial charge on any atom is -0.277 e. The molecule has 0 aliphatic carbocycles. The molecule has 0 aliphatic rings. The Bertz CT molecular complexity index is 682. The molecule has 18 heavy (non-hydrogen) atoms. The Morgan fingerprint density at radius 1 is 1.22 bits per heavy atom. The normalized spacial score (nSPS) is 10.9. The van der Waals surface area contributed by atoms with Crippen LogP contribution in [0.15, 0.2) is 47.9 Å². The first-order valence-electron chi connectivity index (χ1n) is 5.36. The maximum absolute atomic E-state index is 5.85. The topological polar surface area (TPSA) is 43.1 Å². The van der Waals surface area contributed by atoms with Crippen LogP contribution < -0.4 is 0 Å². The lowest BCUT2D eigenvalue weighted by atomic mass is 10.3. The van der Waals surface area contributed by atoms with E-state index >= 15 is 0 Å². The highest BCUT2D eigenvalue weighted by molar-refractivity contribution is 7.98. The average Bonchev–Trinajstić information content (AvgIpc) is 2.80. The number of halogens is 1. The second-order valence-electron chi connectivity index (χ2n) is 3.69. The van der Waals surface area contributed by atoms with Crippen LogP contribution in [0.5, 0.6) is 0 Å². The van der Waals surface area contributed by atoms with E-state index in [-0.39, 0.29) is 0 Å². The number of thioether (sulfide) groups is 1. The summed E-state index contributed by atoms with van der Waals surface area (Å²) in [6, 6.07) is 9.64. The van der Waals surface area contributed by atoms with E-state index in [4.69, 9.17) is 11.6 Å². The first-order valence-corrected chi connectivity index (χ1v) is 6.72. The van der Waals surface area contributed by atoms with Gasteiger partial charge in [0.25, 0.3) is 0 Å². The fraction of sp³-hybridized carbons (Fsp3) is 0.0833. The van der Waals surface area contributed by atoms with Crippen LogP contribution in [0.4, 0.5) is 0 Å². The number of rotatable bonds is 3. The van der Waals surface area contributed by atoms with Gasteiger partial charge in [-0.1, -0.05) is 29.4 Å². The van der Waals surface area contributed by atoms with Gasteiger partial charge < -0.3 is 0 Å². The van der Waals surface area contributed by atoms with Gasteiger partial charge in [-0.2, -0.15) is 0 Å². The lowest BCUT2D eigenvalue weighted by molar-refractivity contribution is 0.921. The number of hydrogen-bond acceptors (Lipinski definition) is 4. The maximum atomic E-state index is 5.85. The molecule has 3 heterocycles. The summed E-state index contributed by atoms with van der Waals surface area (Å²) in [5.41, 5.74) is 1.97. The SMILES string of the molecule is Clc1cc(CSc2nnc3ccccn23)ccn1. The van der Waals surface area contributed by atoms with Crippen molar-refractivity contribution in [3.05, 3.63) is 53.4 Å². The Morgan fingerprint density at radius 3 is 3.06 bits per heavy atom. The second kappa shape index (κ2) is 4.96. The van der Waals surface area contributed by atoms with E-state index in [1.54, 1.807) is 18.0 Å². The molecule has 3 rings (SSSR count). The Kier molecular flexibility index (Phi) is 3.17. The minimum atomic E-state index is 0.513. The molecular weight excluding hydrogens is 268 g/mol. The highest BCUT2D eigenvalue weighted by Crippen LogP contribution is 2.22. The van der Waals surface area contributed by atoms with Gasteiger partial charge in [0.15, 0.2) is 10.8 Å². The van der Waals surface area contributed by atoms with Gasteiger partial charge in [0.2, 0.25) is 0 Å². The molecule has 90 valence electrons. The number of hydrogen-bond donors (Lipinski definition) is 0. The van der Waals surface area contributed by atoms with Crippen molar-refractivity contribution in [3.63, 3.8) is 0 Å². The largest absolute Gasteiger partial charge is 0.277 e. The third kappa shape index (κ3) is 2.32. The fourth-order valence-electron chi connectivity index (χ4n) is 1.60. The molecule has 4 nitrogen and oxygen atoms in total. The first kappa shape index (κ1) is 11.5. The van der Waals surface area contributed by atoms with Crippen LogP contribution in [0.25, 0.3) is 5.65 Å². The van der Waals surface area contributed by atoms with Crippen LogP contribution in [-0.4, -0.2) is 19.6 Å². The monoisotopic (exact) mass is 276 g/mol. The maximum Gasteiger partial charge on any atom is 0.195 e. The standard InChI is InChI=1S/C12H9ClN4S/c13-10-7-9(4-5-14-10)8-18-12-16-15-11-3-1-2-6-17(11)12/h1-7H,8H2. The summed E-state index contributed by atoms with van der Waals surface area (Å²) in [7, 11) is 0. The zero-order valence-corrected chi connectivity index (χ0v) is 10.9. The van der Waals surface area contributed by atoms with Crippen molar-refractivity contribution < 1.29 is 0 Å². The molecule has 0 amide bonds. The van der Waals surface area contributed by atoms with Crippen molar-refractivity contribution in [2.45, 2.75) is 10.9 Å². The van der Waals surface area contributed by atoms with Gasteiger partial charge in [0.1, 0.15) is 5.15 Å². The summed E-state index contributed by atoms with van der Waals surface area (Å²) < 4.78 is 1.97. The summed E-state index contributed by atoms with van der Waals surface area (Å²) >= 11 is 7.47. The van der Waals surface area contributed by atoms with Crippen molar-refractivity contribution in [1.82, 2.24) is 19.6 Å². The Balaban J connectivity index is 1.81. The predicted octanol–water partition coefficient (Wildman–Crippen LogP) is 3.07. The van der Waals surface area contributed by atoms with Gasteiger partial charge in [-0.15, -0.1) is 10.2 Å². The van der Waals surface area contributed by atoms with Gasteiger partial charge in [-0.05, 0) is 29.8 Å². The molecule has 0 N–H and O–H groups in total. The third-order valence-corrected chi connectivity index (χ3v) is 3.66. The van der Waals surface area contributed by atoms with Crippen LogP contribution >= 0.6 is 23.4 Å². The average molecular weight is 277 g/mol. The molecule has 3 aromatic rings. The molecule has 0 unspecified atom stereocenters. The van der Waals surface area contributed by atoms with Crippen molar-refractivity contribution >= 4 is 29.0 Å². The lowest BCUT2D eigenvalue weighted by Gasteiger charge is -2.00. The number of pyridine rings is 2. The molecule has 0 aromatic carbocycles. The number of nitrogens with zero attached hydrogens (tertiary/aromatic N) is 4. The molecule has 0 saturated heterocycles. The summed E-state index contributed by atoms with van der Waals surface area (Å²) in [6.07, 6.45) is 3.66.